The van der Waals surface area contributed by atoms with Gasteiger partial charge in [0.1, 0.15) is 0 Å². The topological polar surface area (TPSA) is 129 Å². The Balaban J connectivity index is 2.74. The highest BCUT2D eigenvalue weighted by atomic mass is 32.2. The molecule has 100 valence electrons. The molecule has 0 saturated heterocycles. The van der Waals surface area contributed by atoms with Gasteiger partial charge >= 0.3 is 5.69 Å². The van der Waals surface area contributed by atoms with Crippen LogP contribution in [0.2, 0.25) is 0 Å². The molecule has 8 nitrogen and oxygen atoms in total. The highest BCUT2D eigenvalue weighted by Crippen LogP contribution is 2.16. The summed E-state index contributed by atoms with van der Waals surface area (Å²) in [6.07, 6.45) is 0. The van der Waals surface area contributed by atoms with Crippen LogP contribution in [0.25, 0.3) is 5.69 Å². The number of H-pyrrole nitrogens is 1. The smallest absolute Gasteiger partial charge is 0.335 e. The molecule has 0 aliphatic rings. The van der Waals surface area contributed by atoms with Gasteiger partial charge in [0, 0.05) is 0 Å². The molecule has 1 aromatic carbocycles. The van der Waals surface area contributed by atoms with Gasteiger partial charge < -0.3 is 5.11 Å². The van der Waals surface area contributed by atoms with Gasteiger partial charge in [0.2, 0.25) is 5.88 Å². The van der Waals surface area contributed by atoms with Crippen molar-refractivity contribution in [2.45, 2.75) is 4.90 Å². The van der Waals surface area contributed by atoms with E-state index in [1.807, 2.05) is 4.98 Å². The predicted molar refractivity (Wildman–Crippen MR) is 64.1 cm³/mol. The van der Waals surface area contributed by atoms with Crippen molar-refractivity contribution >= 4 is 10.1 Å². The molecule has 0 amide bonds. The minimum atomic E-state index is -4.44. The summed E-state index contributed by atoms with van der Waals surface area (Å²) in [6.45, 7) is 0. The Bertz CT molecular complexity index is 849. The number of aromatic hydroxyl groups is 1. The van der Waals surface area contributed by atoms with Gasteiger partial charge in [-0.05, 0) is 18.2 Å². The number of aromatic nitrogens is 2. The molecule has 0 atom stereocenters. The highest BCUT2D eigenvalue weighted by molar-refractivity contribution is 7.85. The van der Waals surface area contributed by atoms with Gasteiger partial charge in [-0.3, -0.25) is 14.3 Å². The van der Waals surface area contributed by atoms with Gasteiger partial charge in [0.25, 0.3) is 15.7 Å². The second kappa shape index (κ2) is 4.37. The van der Waals surface area contributed by atoms with Crippen LogP contribution in [0.4, 0.5) is 0 Å². The van der Waals surface area contributed by atoms with E-state index >= 15 is 0 Å². The number of hydrogen-bond acceptors (Lipinski definition) is 5. The minimum absolute atomic E-state index is 0.0196. The van der Waals surface area contributed by atoms with Crippen molar-refractivity contribution in [3.63, 3.8) is 0 Å². The summed E-state index contributed by atoms with van der Waals surface area (Å²) in [7, 11) is -4.44. The number of hydrogen-bond donors (Lipinski definition) is 3. The van der Waals surface area contributed by atoms with Crippen molar-refractivity contribution in [3.05, 3.63) is 51.2 Å². The Morgan fingerprint density at radius 1 is 1.16 bits per heavy atom. The lowest BCUT2D eigenvalue weighted by molar-refractivity contribution is 0.431. The van der Waals surface area contributed by atoms with E-state index in [-0.39, 0.29) is 5.69 Å². The summed E-state index contributed by atoms with van der Waals surface area (Å²) in [5, 5.41) is 9.55. The molecule has 0 aliphatic heterocycles. The maximum absolute atomic E-state index is 11.6. The fourth-order valence-electron chi connectivity index (χ4n) is 1.52. The Morgan fingerprint density at radius 3 is 2.42 bits per heavy atom. The first-order valence-corrected chi connectivity index (χ1v) is 6.36. The molecule has 9 heteroatoms. The second-order valence-electron chi connectivity index (χ2n) is 3.60. The maximum atomic E-state index is 11.6. The molecular formula is C10H8N2O6S. The lowest BCUT2D eigenvalue weighted by Gasteiger charge is -2.08. The van der Waals surface area contributed by atoms with E-state index in [1.165, 1.54) is 12.1 Å². The minimum Gasteiger partial charge on any atom is -0.494 e. The van der Waals surface area contributed by atoms with E-state index in [4.69, 9.17) is 4.55 Å². The van der Waals surface area contributed by atoms with Crippen molar-refractivity contribution < 1.29 is 18.1 Å². The van der Waals surface area contributed by atoms with E-state index in [0.717, 1.165) is 18.2 Å². The fraction of sp³-hybridized carbons (Fsp3) is 0. The fourth-order valence-corrected chi connectivity index (χ4v) is 2.04. The highest BCUT2D eigenvalue weighted by Gasteiger charge is 2.13. The van der Waals surface area contributed by atoms with Crippen LogP contribution in [0.3, 0.4) is 0 Å². The van der Waals surface area contributed by atoms with Gasteiger partial charge in [-0.25, -0.2) is 9.36 Å². The standard InChI is InChI=1S/C10H8N2O6S/c13-8-5-9(14)12(10(15)11-8)6-2-1-3-7(4-6)19(16,17)18/h1-5,14H,(H,11,13,15)(H,16,17,18). The Labute approximate surface area is 106 Å². The molecule has 2 rings (SSSR count). The molecule has 0 fully saturated rings. The second-order valence-corrected chi connectivity index (χ2v) is 5.03. The van der Waals surface area contributed by atoms with Gasteiger partial charge in [0.05, 0.1) is 16.6 Å². The molecule has 3 N–H and O–H groups in total. The molecule has 0 bridgehead atoms. The SMILES string of the molecule is O=c1cc(O)n(-c2cccc(S(=O)(=O)O)c2)c(=O)[nH]1. The molecule has 0 spiro atoms. The average molecular weight is 284 g/mol. The van der Waals surface area contributed by atoms with Gasteiger partial charge in [-0.2, -0.15) is 8.42 Å². The molecule has 0 radical (unpaired) electrons. The first kappa shape index (κ1) is 13.1. The zero-order valence-electron chi connectivity index (χ0n) is 9.27. The van der Waals surface area contributed by atoms with Crippen LogP contribution >= 0.6 is 0 Å². The first-order chi connectivity index (χ1) is 8.79. The molecule has 2 aromatic rings. The van der Waals surface area contributed by atoms with Crippen molar-refractivity contribution in [1.82, 2.24) is 9.55 Å². The van der Waals surface area contributed by atoms with Crippen LogP contribution in [-0.4, -0.2) is 27.6 Å². The third kappa shape index (κ3) is 2.56. The van der Waals surface area contributed by atoms with Crippen molar-refractivity contribution in [1.29, 1.82) is 0 Å². The van der Waals surface area contributed by atoms with Crippen LogP contribution in [0.5, 0.6) is 5.88 Å². The van der Waals surface area contributed by atoms with E-state index in [9.17, 15) is 23.1 Å². The number of nitrogens with zero attached hydrogens (tertiary/aromatic N) is 1. The van der Waals surface area contributed by atoms with Gasteiger partial charge in [0.15, 0.2) is 0 Å². The van der Waals surface area contributed by atoms with Crippen LogP contribution < -0.4 is 11.2 Å². The van der Waals surface area contributed by atoms with E-state index in [2.05, 4.69) is 0 Å². The lowest BCUT2D eigenvalue weighted by atomic mass is 10.3. The van der Waals surface area contributed by atoms with Gasteiger partial charge in [-0.15, -0.1) is 0 Å². The number of aromatic amines is 1. The normalized spacial score (nSPS) is 11.4. The third-order valence-corrected chi connectivity index (χ3v) is 3.15. The van der Waals surface area contributed by atoms with Crippen LogP contribution in [0.15, 0.2) is 44.8 Å². The Kier molecular flexibility index (Phi) is 3.00. The molecule has 0 saturated carbocycles. The molecule has 19 heavy (non-hydrogen) atoms. The monoisotopic (exact) mass is 284 g/mol. The molecule has 0 aliphatic carbocycles. The quantitative estimate of drug-likeness (QED) is 0.636. The van der Waals surface area contributed by atoms with Crippen LogP contribution in [-0.2, 0) is 10.1 Å². The molecule has 0 unspecified atom stereocenters. The average Bonchev–Trinajstić information content (AvgIpc) is 2.26. The maximum Gasteiger partial charge on any atom is 0.335 e. The molecule has 1 aromatic heterocycles. The van der Waals surface area contributed by atoms with Gasteiger partial charge in [-0.1, -0.05) is 6.07 Å². The number of rotatable bonds is 2. The zero-order chi connectivity index (χ0) is 14.2. The Hall–Kier alpha value is -2.39. The largest absolute Gasteiger partial charge is 0.494 e. The number of benzene rings is 1. The van der Waals surface area contributed by atoms with Crippen LogP contribution in [0.1, 0.15) is 0 Å². The van der Waals surface area contributed by atoms with E-state index in [0.29, 0.717) is 4.57 Å². The summed E-state index contributed by atoms with van der Waals surface area (Å²) >= 11 is 0. The van der Waals surface area contributed by atoms with E-state index < -0.39 is 32.1 Å². The Morgan fingerprint density at radius 2 is 1.84 bits per heavy atom. The summed E-state index contributed by atoms with van der Waals surface area (Å²) in [5.41, 5.74) is -1.74. The summed E-state index contributed by atoms with van der Waals surface area (Å²) in [6, 6.07) is 5.46. The summed E-state index contributed by atoms with van der Waals surface area (Å²) in [5.74, 6) is -0.652. The summed E-state index contributed by atoms with van der Waals surface area (Å²) < 4.78 is 31.6. The van der Waals surface area contributed by atoms with Crippen molar-refractivity contribution in [3.8, 4) is 11.6 Å². The number of nitrogens with one attached hydrogen (secondary N) is 1. The first-order valence-electron chi connectivity index (χ1n) is 4.92. The van der Waals surface area contributed by atoms with Crippen molar-refractivity contribution in [2.75, 3.05) is 0 Å². The third-order valence-electron chi connectivity index (χ3n) is 2.30. The lowest BCUT2D eigenvalue weighted by Crippen LogP contribution is -2.28. The van der Waals surface area contributed by atoms with E-state index in [1.54, 1.807) is 0 Å². The van der Waals surface area contributed by atoms with Crippen LogP contribution in [0, 0.1) is 0 Å². The predicted octanol–water partition coefficient (Wildman–Crippen LogP) is -0.522. The molecular weight excluding hydrogens is 276 g/mol. The van der Waals surface area contributed by atoms with Crippen molar-refractivity contribution in [2.24, 2.45) is 0 Å². The zero-order valence-corrected chi connectivity index (χ0v) is 10.1. The molecule has 1 heterocycles. The summed E-state index contributed by atoms with van der Waals surface area (Å²) in [4.78, 5) is 24.0.